The van der Waals surface area contributed by atoms with Gasteiger partial charge in [0.15, 0.2) is 0 Å². The Kier molecular flexibility index (Phi) is 5.15. The zero-order chi connectivity index (χ0) is 15.4. The fourth-order valence-corrected chi connectivity index (χ4v) is 2.48. The van der Waals surface area contributed by atoms with Crippen molar-refractivity contribution in [1.82, 2.24) is 4.90 Å². The van der Waals surface area contributed by atoms with E-state index in [1.54, 1.807) is 0 Å². The molecular weight excluding hydrogens is 328 g/mol. The Balaban J connectivity index is 2.11. The number of hydrogen-bond acceptors (Lipinski definition) is 2. The van der Waals surface area contributed by atoms with Crippen molar-refractivity contribution in [3.63, 3.8) is 0 Å². The summed E-state index contributed by atoms with van der Waals surface area (Å²) in [5.41, 5.74) is 3.65. The highest BCUT2D eigenvalue weighted by Gasteiger charge is 2.10. The molecule has 2 aromatic rings. The predicted molar refractivity (Wildman–Crippen MR) is 90.7 cm³/mol. The molecule has 0 heterocycles. The predicted octanol–water partition coefficient (Wildman–Crippen LogP) is 4.07. The van der Waals surface area contributed by atoms with E-state index in [2.05, 4.69) is 26.1 Å². The van der Waals surface area contributed by atoms with Gasteiger partial charge >= 0.3 is 0 Å². The van der Waals surface area contributed by atoms with Crippen molar-refractivity contribution in [3.05, 3.63) is 63.6 Å². The molecule has 0 saturated heterocycles. The number of nitrogens with one attached hydrogen (secondary N) is 1. The Morgan fingerprint density at radius 1 is 1.14 bits per heavy atom. The zero-order valence-electron chi connectivity index (χ0n) is 12.5. The summed E-state index contributed by atoms with van der Waals surface area (Å²) in [6, 6.07) is 13.6. The summed E-state index contributed by atoms with van der Waals surface area (Å²) in [5, 5.41) is 2.93. The van der Waals surface area contributed by atoms with E-state index in [1.807, 2.05) is 63.5 Å². The lowest BCUT2D eigenvalue weighted by Gasteiger charge is -2.11. The molecule has 0 bridgehead atoms. The average molecular weight is 347 g/mol. The number of amides is 1. The first kappa shape index (κ1) is 15.7. The molecule has 2 aromatic carbocycles. The van der Waals surface area contributed by atoms with Crippen LogP contribution < -0.4 is 5.32 Å². The number of carbonyl (C=O) groups is 1. The highest BCUT2D eigenvalue weighted by Crippen LogP contribution is 2.20. The second kappa shape index (κ2) is 6.87. The molecule has 0 fully saturated rings. The third kappa shape index (κ3) is 4.16. The minimum atomic E-state index is -0.0887. The van der Waals surface area contributed by atoms with Crippen LogP contribution in [0, 0.1) is 6.92 Å². The summed E-state index contributed by atoms with van der Waals surface area (Å²) in [6.07, 6.45) is 0. The van der Waals surface area contributed by atoms with E-state index in [1.165, 1.54) is 5.56 Å². The van der Waals surface area contributed by atoms with Crippen LogP contribution in [0.1, 0.15) is 21.5 Å². The molecule has 0 aromatic heterocycles. The largest absolute Gasteiger partial charge is 0.322 e. The second-order valence-corrected chi connectivity index (χ2v) is 6.16. The van der Waals surface area contributed by atoms with Crippen molar-refractivity contribution in [2.45, 2.75) is 13.5 Å². The summed E-state index contributed by atoms with van der Waals surface area (Å²) in [7, 11) is 4.07. The van der Waals surface area contributed by atoms with Crippen LogP contribution in [0.3, 0.4) is 0 Å². The summed E-state index contributed by atoms with van der Waals surface area (Å²) in [6.45, 7) is 2.82. The number of nitrogens with zero attached hydrogens (tertiary/aromatic N) is 1. The molecule has 0 radical (unpaired) electrons. The third-order valence-corrected chi connectivity index (χ3v) is 4.08. The Morgan fingerprint density at radius 2 is 1.81 bits per heavy atom. The van der Waals surface area contributed by atoms with Gasteiger partial charge in [-0.05, 0) is 56.4 Å². The van der Waals surface area contributed by atoms with Gasteiger partial charge in [0.25, 0.3) is 5.91 Å². The van der Waals surface area contributed by atoms with Gasteiger partial charge in [-0.1, -0.05) is 34.1 Å². The van der Waals surface area contributed by atoms with Crippen LogP contribution in [0.25, 0.3) is 0 Å². The number of benzene rings is 2. The highest BCUT2D eigenvalue weighted by atomic mass is 79.9. The average Bonchev–Trinajstić information content (AvgIpc) is 2.43. The fourth-order valence-electron chi connectivity index (χ4n) is 2.11. The SMILES string of the molecule is Cc1c(Br)cccc1C(=O)Nc1ccc(CN(C)C)cc1. The maximum atomic E-state index is 12.3. The summed E-state index contributed by atoms with van der Waals surface area (Å²) in [4.78, 5) is 14.4. The van der Waals surface area contributed by atoms with Gasteiger partial charge in [0.2, 0.25) is 0 Å². The molecular formula is C17H19BrN2O. The van der Waals surface area contributed by atoms with Crippen LogP contribution in [0.2, 0.25) is 0 Å². The van der Waals surface area contributed by atoms with Gasteiger partial charge in [-0.3, -0.25) is 4.79 Å². The maximum Gasteiger partial charge on any atom is 0.255 e. The van der Waals surface area contributed by atoms with E-state index in [0.29, 0.717) is 5.56 Å². The van der Waals surface area contributed by atoms with Gasteiger partial charge in [-0.15, -0.1) is 0 Å². The minimum absolute atomic E-state index is 0.0887. The van der Waals surface area contributed by atoms with Crippen molar-refractivity contribution in [2.75, 3.05) is 19.4 Å². The van der Waals surface area contributed by atoms with Crippen LogP contribution in [-0.2, 0) is 6.54 Å². The lowest BCUT2D eigenvalue weighted by Crippen LogP contribution is -2.14. The molecule has 4 heteroatoms. The fraction of sp³-hybridized carbons (Fsp3) is 0.235. The molecule has 0 spiro atoms. The molecule has 0 atom stereocenters. The summed E-state index contributed by atoms with van der Waals surface area (Å²) < 4.78 is 0.941. The number of halogens is 1. The normalized spacial score (nSPS) is 10.7. The zero-order valence-corrected chi connectivity index (χ0v) is 14.1. The van der Waals surface area contributed by atoms with E-state index < -0.39 is 0 Å². The van der Waals surface area contributed by atoms with E-state index in [0.717, 1.165) is 22.3 Å². The maximum absolute atomic E-state index is 12.3. The smallest absolute Gasteiger partial charge is 0.255 e. The lowest BCUT2D eigenvalue weighted by molar-refractivity contribution is 0.102. The van der Waals surface area contributed by atoms with Gasteiger partial charge in [0.05, 0.1) is 0 Å². The summed E-state index contributed by atoms with van der Waals surface area (Å²) >= 11 is 3.45. The molecule has 0 aliphatic carbocycles. The Bertz CT molecular complexity index is 636. The van der Waals surface area contributed by atoms with Crippen LogP contribution in [0.4, 0.5) is 5.69 Å². The van der Waals surface area contributed by atoms with E-state index in [4.69, 9.17) is 0 Å². The van der Waals surface area contributed by atoms with Crippen LogP contribution in [-0.4, -0.2) is 24.9 Å². The highest BCUT2D eigenvalue weighted by molar-refractivity contribution is 9.10. The number of hydrogen-bond donors (Lipinski definition) is 1. The molecule has 1 N–H and O–H groups in total. The van der Waals surface area contributed by atoms with Gasteiger partial charge in [0.1, 0.15) is 0 Å². The first-order valence-electron chi connectivity index (χ1n) is 6.77. The topological polar surface area (TPSA) is 32.3 Å². The number of rotatable bonds is 4. The first-order valence-corrected chi connectivity index (χ1v) is 7.57. The molecule has 0 aliphatic heterocycles. The van der Waals surface area contributed by atoms with Gasteiger partial charge in [0, 0.05) is 22.3 Å². The minimum Gasteiger partial charge on any atom is -0.322 e. The second-order valence-electron chi connectivity index (χ2n) is 5.30. The molecule has 1 amide bonds. The molecule has 0 aliphatic rings. The van der Waals surface area contributed by atoms with Crippen LogP contribution in [0.5, 0.6) is 0 Å². The van der Waals surface area contributed by atoms with E-state index >= 15 is 0 Å². The number of anilines is 1. The molecule has 2 rings (SSSR count). The van der Waals surface area contributed by atoms with Crippen LogP contribution >= 0.6 is 15.9 Å². The molecule has 0 saturated carbocycles. The van der Waals surface area contributed by atoms with Crippen molar-refractivity contribution in [2.24, 2.45) is 0 Å². The standard InChI is InChI=1S/C17H19BrN2O/c1-12-15(5-4-6-16(12)18)17(21)19-14-9-7-13(8-10-14)11-20(2)3/h4-10H,11H2,1-3H3,(H,19,21). The van der Waals surface area contributed by atoms with Gasteiger partial charge < -0.3 is 10.2 Å². The quantitative estimate of drug-likeness (QED) is 0.904. The summed E-state index contributed by atoms with van der Waals surface area (Å²) in [5.74, 6) is -0.0887. The van der Waals surface area contributed by atoms with Gasteiger partial charge in [-0.25, -0.2) is 0 Å². The molecule has 3 nitrogen and oxygen atoms in total. The first-order chi connectivity index (χ1) is 9.97. The van der Waals surface area contributed by atoms with Gasteiger partial charge in [-0.2, -0.15) is 0 Å². The van der Waals surface area contributed by atoms with Crippen LogP contribution in [0.15, 0.2) is 46.9 Å². The Labute approximate surface area is 134 Å². The van der Waals surface area contributed by atoms with E-state index in [-0.39, 0.29) is 5.91 Å². The van der Waals surface area contributed by atoms with Crippen molar-refractivity contribution in [1.29, 1.82) is 0 Å². The van der Waals surface area contributed by atoms with Crippen molar-refractivity contribution >= 4 is 27.5 Å². The monoisotopic (exact) mass is 346 g/mol. The number of carbonyl (C=O) groups excluding carboxylic acids is 1. The Hall–Kier alpha value is -1.65. The molecule has 0 unspecified atom stereocenters. The van der Waals surface area contributed by atoms with Crippen molar-refractivity contribution in [3.8, 4) is 0 Å². The van der Waals surface area contributed by atoms with Crippen molar-refractivity contribution < 1.29 is 4.79 Å². The Morgan fingerprint density at radius 3 is 2.43 bits per heavy atom. The van der Waals surface area contributed by atoms with E-state index in [9.17, 15) is 4.79 Å². The molecule has 110 valence electrons. The molecule has 21 heavy (non-hydrogen) atoms. The lowest BCUT2D eigenvalue weighted by atomic mass is 10.1. The third-order valence-electron chi connectivity index (χ3n) is 3.22.